The van der Waals surface area contributed by atoms with Gasteiger partial charge < -0.3 is 9.84 Å². The van der Waals surface area contributed by atoms with Crippen LogP contribution in [0.2, 0.25) is 0 Å². The average Bonchev–Trinajstić information content (AvgIpc) is 2.10. The van der Waals surface area contributed by atoms with Crippen LogP contribution in [0.5, 0.6) is 0 Å². The molecule has 0 spiro atoms. The number of thiol groups is 2. The molecule has 0 aliphatic carbocycles. The molecular formula is C7H12O4S2. The molecule has 0 saturated carbocycles. The zero-order valence-corrected chi connectivity index (χ0v) is 8.76. The second-order valence-corrected chi connectivity index (χ2v) is 3.51. The molecule has 0 aromatic carbocycles. The number of hydrogen-bond donors (Lipinski definition) is 3. The largest absolute Gasteiger partial charge is 0.481 e. The molecular weight excluding hydrogens is 212 g/mol. The normalized spacial score (nSPS) is 12.2. The van der Waals surface area contributed by atoms with Gasteiger partial charge in [-0.2, -0.15) is 25.3 Å². The summed E-state index contributed by atoms with van der Waals surface area (Å²) in [6.07, 6.45) is -0.292. The second-order valence-electron chi connectivity index (χ2n) is 2.41. The Kier molecular flexibility index (Phi) is 6.89. The monoisotopic (exact) mass is 224 g/mol. The zero-order chi connectivity index (χ0) is 10.3. The molecule has 0 rings (SSSR count). The third-order valence-electron chi connectivity index (χ3n) is 1.19. The number of hydrogen-bond acceptors (Lipinski definition) is 5. The molecule has 0 bridgehead atoms. The molecule has 0 fully saturated rings. The second kappa shape index (κ2) is 7.08. The summed E-state index contributed by atoms with van der Waals surface area (Å²) in [5.41, 5.74) is 0. The Hall–Kier alpha value is -0.360. The fourth-order valence-corrected chi connectivity index (χ4v) is 0.703. The molecule has 13 heavy (non-hydrogen) atoms. The van der Waals surface area contributed by atoms with Crippen molar-refractivity contribution in [1.82, 2.24) is 0 Å². The molecule has 0 heterocycles. The number of aliphatic carboxylic acids is 1. The maximum Gasteiger partial charge on any atom is 0.306 e. The van der Waals surface area contributed by atoms with Gasteiger partial charge in [0, 0.05) is 11.0 Å². The molecule has 6 heteroatoms. The van der Waals surface area contributed by atoms with Crippen molar-refractivity contribution in [3.05, 3.63) is 0 Å². The van der Waals surface area contributed by atoms with Crippen LogP contribution in [0.25, 0.3) is 0 Å². The first-order valence-electron chi connectivity index (χ1n) is 3.72. The molecule has 0 saturated heterocycles. The number of rotatable bonds is 6. The molecule has 0 aliphatic heterocycles. The number of carboxylic acids is 1. The lowest BCUT2D eigenvalue weighted by Gasteiger charge is -2.07. The van der Waals surface area contributed by atoms with Gasteiger partial charge in [0.05, 0.1) is 12.8 Å². The van der Waals surface area contributed by atoms with Crippen LogP contribution in [0.15, 0.2) is 0 Å². The molecule has 0 aromatic heterocycles. The van der Waals surface area contributed by atoms with E-state index in [1.54, 1.807) is 0 Å². The Labute approximate surface area is 87.5 Å². The van der Waals surface area contributed by atoms with E-state index in [9.17, 15) is 9.59 Å². The summed E-state index contributed by atoms with van der Waals surface area (Å²) in [5.74, 6) is -1.01. The molecule has 1 atom stereocenters. The first-order chi connectivity index (χ1) is 6.06. The van der Waals surface area contributed by atoms with Gasteiger partial charge in [-0.1, -0.05) is 0 Å². The van der Waals surface area contributed by atoms with Crippen molar-refractivity contribution in [2.45, 2.75) is 18.1 Å². The molecule has 0 aliphatic rings. The fourth-order valence-electron chi connectivity index (χ4n) is 0.523. The lowest BCUT2D eigenvalue weighted by atomic mass is 10.3. The standard InChI is InChI=1S/C7H12O4S2/c8-6(9)1-2-7(10)11-3-5(13)4-12/h5,12-13H,1-4H2,(H,8,9). The van der Waals surface area contributed by atoms with Crippen LogP contribution in [-0.2, 0) is 14.3 Å². The quantitative estimate of drug-likeness (QED) is 0.457. The van der Waals surface area contributed by atoms with E-state index in [0.717, 1.165) is 0 Å². The Morgan fingerprint density at radius 3 is 2.46 bits per heavy atom. The van der Waals surface area contributed by atoms with Crippen LogP contribution >= 0.6 is 25.3 Å². The Morgan fingerprint density at radius 2 is 2.00 bits per heavy atom. The maximum atomic E-state index is 10.8. The van der Waals surface area contributed by atoms with Gasteiger partial charge >= 0.3 is 11.9 Å². The molecule has 76 valence electrons. The smallest absolute Gasteiger partial charge is 0.306 e. The summed E-state index contributed by atoms with van der Waals surface area (Å²) in [7, 11) is 0. The van der Waals surface area contributed by atoms with Crippen molar-refractivity contribution in [3.8, 4) is 0 Å². The summed E-state index contributed by atoms with van der Waals surface area (Å²) in [6, 6.07) is 0. The highest BCUT2D eigenvalue weighted by Gasteiger charge is 2.08. The minimum absolute atomic E-state index is 0.0948. The zero-order valence-electron chi connectivity index (χ0n) is 6.97. The summed E-state index contributed by atoms with van der Waals surface area (Å²) >= 11 is 7.98. The van der Waals surface area contributed by atoms with Gasteiger partial charge in [-0.15, -0.1) is 0 Å². The van der Waals surface area contributed by atoms with Gasteiger partial charge in [-0.05, 0) is 0 Å². The Morgan fingerprint density at radius 1 is 1.38 bits per heavy atom. The molecule has 1 N–H and O–H groups in total. The molecule has 0 amide bonds. The van der Waals surface area contributed by atoms with Gasteiger partial charge in [0.25, 0.3) is 0 Å². The summed E-state index contributed by atoms with van der Waals surface area (Å²) in [4.78, 5) is 20.9. The number of carbonyl (C=O) groups excluding carboxylic acids is 1. The van der Waals surface area contributed by atoms with E-state index in [0.29, 0.717) is 5.75 Å². The van der Waals surface area contributed by atoms with Gasteiger partial charge in [0.2, 0.25) is 0 Å². The van der Waals surface area contributed by atoms with Crippen LogP contribution in [0.3, 0.4) is 0 Å². The third kappa shape index (κ3) is 7.98. The highest BCUT2D eigenvalue weighted by atomic mass is 32.1. The number of esters is 1. The highest BCUT2D eigenvalue weighted by Crippen LogP contribution is 2.00. The Bertz CT molecular complexity index is 183. The number of ether oxygens (including phenoxy) is 1. The van der Waals surface area contributed by atoms with Gasteiger partial charge in [0.15, 0.2) is 0 Å². The van der Waals surface area contributed by atoms with E-state index in [1.165, 1.54) is 0 Å². The van der Waals surface area contributed by atoms with Gasteiger partial charge in [0.1, 0.15) is 6.61 Å². The predicted octanol–water partition coefficient (Wildman–Crippen LogP) is 0.623. The van der Waals surface area contributed by atoms with E-state index in [2.05, 4.69) is 25.3 Å². The summed E-state index contributed by atoms with van der Waals surface area (Å²) in [6.45, 7) is 0.172. The summed E-state index contributed by atoms with van der Waals surface area (Å²) in [5, 5.41) is 8.15. The minimum atomic E-state index is -1.01. The SMILES string of the molecule is O=C(O)CCC(=O)OCC(S)CS. The van der Waals surface area contributed by atoms with Crippen LogP contribution in [0, 0.1) is 0 Å². The molecule has 1 unspecified atom stereocenters. The first kappa shape index (κ1) is 12.6. The maximum absolute atomic E-state index is 10.8. The summed E-state index contributed by atoms with van der Waals surface area (Å²) < 4.78 is 4.72. The van der Waals surface area contributed by atoms with E-state index >= 15 is 0 Å². The Balaban J connectivity index is 3.46. The van der Waals surface area contributed by atoms with E-state index in [1.807, 2.05) is 0 Å². The topological polar surface area (TPSA) is 63.6 Å². The third-order valence-corrected chi connectivity index (χ3v) is 2.25. The molecule has 0 aromatic rings. The minimum Gasteiger partial charge on any atom is -0.481 e. The fraction of sp³-hybridized carbons (Fsp3) is 0.714. The van der Waals surface area contributed by atoms with Crippen molar-refractivity contribution in [1.29, 1.82) is 0 Å². The first-order valence-corrected chi connectivity index (χ1v) is 4.87. The average molecular weight is 224 g/mol. The highest BCUT2D eigenvalue weighted by molar-refractivity contribution is 7.84. The lowest BCUT2D eigenvalue weighted by molar-refractivity contribution is -0.147. The van der Waals surface area contributed by atoms with Crippen LogP contribution in [0.1, 0.15) is 12.8 Å². The number of carbonyl (C=O) groups is 2. The van der Waals surface area contributed by atoms with Crippen LogP contribution < -0.4 is 0 Å². The van der Waals surface area contributed by atoms with E-state index in [4.69, 9.17) is 9.84 Å². The van der Waals surface area contributed by atoms with Gasteiger partial charge in [-0.3, -0.25) is 9.59 Å². The molecule has 4 nitrogen and oxygen atoms in total. The van der Waals surface area contributed by atoms with Crippen molar-refractivity contribution >= 4 is 37.2 Å². The van der Waals surface area contributed by atoms with Crippen molar-refractivity contribution < 1.29 is 19.4 Å². The predicted molar refractivity (Wildman–Crippen MR) is 54.5 cm³/mol. The van der Waals surface area contributed by atoms with Gasteiger partial charge in [-0.25, -0.2) is 0 Å². The van der Waals surface area contributed by atoms with E-state index in [-0.39, 0.29) is 24.7 Å². The molecule has 0 radical (unpaired) electrons. The van der Waals surface area contributed by atoms with E-state index < -0.39 is 11.9 Å². The van der Waals surface area contributed by atoms with Crippen molar-refractivity contribution in [2.24, 2.45) is 0 Å². The van der Waals surface area contributed by atoms with Crippen LogP contribution in [-0.4, -0.2) is 34.7 Å². The lowest BCUT2D eigenvalue weighted by Crippen LogP contribution is -2.16. The van der Waals surface area contributed by atoms with Crippen molar-refractivity contribution in [3.63, 3.8) is 0 Å². The van der Waals surface area contributed by atoms with Crippen LogP contribution in [0.4, 0.5) is 0 Å². The van der Waals surface area contributed by atoms with Crippen molar-refractivity contribution in [2.75, 3.05) is 12.4 Å². The number of carboxylic acid groups (broad SMARTS) is 1.